The molecule has 0 saturated heterocycles. The van der Waals surface area contributed by atoms with Gasteiger partial charge in [0.05, 0.1) is 7.11 Å². The molecule has 0 unspecified atom stereocenters. The Kier molecular flexibility index (Phi) is 5.02. The minimum atomic E-state index is -0.677. The number of esters is 1. The van der Waals surface area contributed by atoms with E-state index in [4.69, 9.17) is 21.1 Å². The van der Waals surface area contributed by atoms with E-state index in [-0.39, 0.29) is 0 Å². The summed E-state index contributed by atoms with van der Waals surface area (Å²) in [7, 11) is 1.35. The van der Waals surface area contributed by atoms with Gasteiger partial charge in [0, 0.05) is 11.4 Å². The number of benzene rings is 2. The van der Waals surface area contributed by atoms with Crippen LogP contribution in [0.15, 0.2) is 54.6 Å². The highest BCUT2D eigenvalue weighted by Gasteiger charge is 2.21. The summed E-state index contributed by atoms with van der Waals surface area (Å²) in [6.45, 7) is 0. The van der Waals surface area contributed by atoms with Gasteiger partial charge >= 0.3 is 5.97 Å². The van der Waals surface area contributed by atoms with Crippen molar-refractivity contribution in [3.63, 3.8) is 0 Å². The number of methoxy groups -OCH3 is 1. The third-order valence-electron chi connectivity index (χ3n) is 2.82. The molecule has 0 spiro atoms. The van der Waals surface area contributed by atoms with Crippen LogP contribution < -0.4 is 4.74 Å². The lowest BCUT2D eigenvalue weighted by Gasteiger charge is -2.17. The predicted molar refractivity (Wildman–Crippen MR) is 78.0 cm³/mol. The van der Waals surface area contributed by atoms with E-state index in [1.165, 1.54) is 7.11 Å². The molecule has 0 bridgehead atoms. The van der Waals surface area contributed by atoms with E-state index in [1.54, 1.807) is 24.3 Å². The van der Waals surface area contributed by atoms with Crippen LogP contribution in [0, 0.1) is 0 Å². The quantitative estimate of drug-likeness (QED) is 0.791. The highest BCUT2D eigenvalue weighted by molar-refractivity contribution is 6.30. The standard InChI is InChI=1S/C16H15ClO3/c1-19-16(18)15(11-12-5-3-2-4-6-12)20-14-9-7-13(17)8-10-14/h2-10,15H,11H2,1H3/t15-/m1/s1. The number of hydrogen-bond donors (Lipinski definition) is 0. The molecule has 104 valence electrons. The molecule has 0 saturated carbocycles. The Labute approximate surface area is 123 Å². The molecule has 0 radical (unpaired) electrons. The minimum absolute atomic E-state index is 0.399. The third-order valence-corrected chi connectivity index (χ3v) is 3.07. The summed E-state index contributed by atoms with van der Waals surface area (Å²) in [4.78, 5) is 11.8. The van der Waals surface area contributed by atoms with Crippen LogP contribution in [0.4, 0.5) is 0 Å². The summed E-state index contributed by atoms with van der Waals surface area (Å²) in [5, 5.41) is 0.620. The summed E-state index contributed by atoms with van der Waals surface area (Å²) in [6.07, 6.45) is -0.223. The molecule has 0 amide bonds. The highest BCUT2D eigenvalue weighted by atomic mass is 35.5. The molecule has 0 aromatic heterocycles. The van der Waals surface area contributed by atoms with Crippen molar-refractivity contribution in [1.82, 2.24) is 0 Å². The maximum absolute atomic E-state index is 11.8. The van der Waals surface area contributed by atoms with Gasteiger partial charge in [-0.2, -0.15) is 0 Å². The Morgan fingerprint density at radius 3 is 2.35 bits per heavy atom. The molecule has 0 N–H and O–H groups in total. The van der Waals surface area contributed by atoms with E-state index >= 15 is 0 Å². The summed E-state index contributed by atoms with van der Waals surface area (Å²) < 4.78 is 10.5. The monoisotopic (exact) mass is 290 g/mol. The van der Waals surface area contributed by atoms with Crippen LogP contribution in [0.25, 0.3) is 0 Å². The number of carbonyl (C=O) groups excluding carboxylic acids is 1. The van der Waals surface area contributed by atoms with E-state index in [0.29, 0.717) is 17.2 Å². The van der Waals surface area contributed by atoms with Crippen molar-refractivity contribution in [2.24, 2.45) is 0 Å². The summed E-state index contributed by atoms with van der Waals surface area (Å²) >= 11 is 5.82. The fourth-order valence-corrected chi connectivity index (χ4v) is 1.94. The molecule has 0 heterocycles. The van der Waals surface area contributed by atoms with Gasteiger partial charge < -0.3 is 9.47 Å². The maximum Gasteiger partial charge on any atom is 0.347 e. The Balaban J connectivity index is 2.11. The van der Waals surface area contributed by atoms with Crippen LogP contribution in [0.2, 0.25) is 5.02 Å². The predicted octanol–water partition coefficient (Wildman–Crippen LogP) is 3.50. The third kappa shape index (κ3) is 4.00. The van der Waals surface area contributed by atoms with Crippen LogP contribution in [0.5, 0.6) is 5.75 Å². The fraction of sp³-hybridized carbons (Fsp3) is 0.188. The van der Waals surface area contributed by atoms with Crippen molar-refractivity contribution in [1.29, 1.82) is 0 Å². The van der Waals surface area contributed by atoms with E-state index in [2.05, 4.69) is 0 Å². The molecule has 2 aromatic carbocycles. The van der Waals surface area contributed by atoms with Gasteiger partial charge in [-0.05, 0) is 29.8 Å². The van der Waals surface area contributed by atoms with Gasteiger partial charge in [-0.15, -0.1) is 0 Å². The van der Waals surface area contributed by atoms with E-state index in [1.807, 2.05) is 30.3 Å². The van der Waals surface area contributed by atoms with Gasteiger partial charge in [0.15, 0.2) is 6.10 Å². The first-order valence-corrected chi connectivity index (χ1v) is 6.61. The first kappa shape index (κ1) is 14.4. The normalized spacial score (nSPS) is 11.7. The Morgan fingerprint density at radius 1 is 1.10 bits per heavy atom. The molecule has 3 nitrogen and oxygen atoms in total. The number of ether oxygens (including phenoxy) is 2. The molecule has 0 fully saturated rings. The van der Waals surface area contributed by atoms with E-state index in [0.717, 1.165) is 5.56 Å². The molecule has 0 aliphatic rings. The second kappa shape index (κ2) is 6.96. The van der Waals surface area contributed by atoms with Crippen molar-refractivity contribution < 1.29 is 14.3 Å². The molecular weight excluding hydrogens is 276 g/mol. The second-order valence-electron chi connectivity index (χ2n) is 4.27. The van der Waals surface area contributed by atoms with Crippen molar-refractivity contribution in [2.75, 3.05) is 7.11 Å². The zero-order valence-corrected chi connectivity index (χ0v) is 11.8. The lowest BCUT2D eigenvalue weighted by Crippen LogP contribution is -2.30. The zero-order valence-electron chi connectivity index (χ0n) is 11.1. The van der Waals surface area contributed by atoms with Crippen molar-refractivity contribution >= 4 is 17.6 Å². The minimum Gasteiger partial charge on any atom is -0.478 e. The van der Waals surface area contributed by atoms with Crippen LogP contribution in [0.3, 0.4) is 0 Å². The Hall–Kier alpha value is -2.00. The summed E-state index contributed by atoms with van der Waals surface area (Å²) in [6, 6.07) is 16.5. The molecule has 0 aliphatic heterocycles. The molecule has 0 aliphatic carbocycles. The smallest absolute Gasteiger partial charge is 0.347 e. The first-order chi connectivity index (χ1) is 9.69. The Morgan fingerprint density at radius 2 is 1.75 bits per heavy atom. The van der Waals surface area contributed by atoms with E-state index in [9.17, 15) is 4.79 Å². The number of halogens is 1. The summed E-state index contributed by atoms with van der Waals surface area (Å²) in [5.74, 6) is 0.185. The molecule has 1 atom stereocenters. The lowest BCUT2D eigenvalue weighted by atomic mass is 10.1. The average molecular weight is 291 g/mol. The molecule has 20 heavy (non-hydrogen) atoms. The van der Waals surface area contributed by atoms with Crippen LogP contribution in [0.1, 0.15) is 5.56 Å². The van der Waals surface area contributed by atoms with Gasteiger partial charge in [-0.3, -0.25) is 0 Å². The number of carbonyl (C=O) groups is 1. The number of hydrogen-bond acceptors (Lipinski definition) is 3. The topological polar surface area (TPSA) is 35.5 Å². The van der Waals surface area contributed by atoms with E-state index < -0.39 is 12.1 Å². The Bertz CT molecular complexity index is 552. The van der Waals surface area contributed by atoms with Gasteiger partial charge in [-0.1, -0.05) is 41.9 Å². The van der Waals surface area contributed by atoms with Crippen molar-refractivity contribution in [3.8, 4) is 5.75 Å². The van der Waals surface area contributed by atoms with Crippen LogP contribution >= 0.6 is 11.6 Å². The van der Waals surface area contributed by atoms with Crippen LogP contribution in [-0.4, -0.2) is 19.2 Å². The van der Waals surface area contributed by atoms with Crippen LogP contribution in [-0.2, 0) is 16.0 Å². The highest BCUT2D eigenvalue weighted by Crippen LogP contribution is 2.18. The number of rotatable bonds is 5. The molecule has 2 rings (SSSR count). The largest absolute Gasteiger partial charge is 0.478 e. The zero-order chi connectivity index (χ0) is 14.4. The second-order valence-corrected chi connectivity index (χ2v) is 4.71. The van der Waals surface area contributed by atoms with Gasteiger partial charge in [0.25, 0.3) is 0 Å². The average Bonchev–Trinajstić information content (AvgIpc) is 2.49. The SMILES string of the molecule is COC(=O)[C@@H](Cc1ccccc1)Oc1ccc(Cl)cc1. The first-order valence-electron chi connectivity index (χ1n) is 6.23. The van der Waals surface area contributed by atoms with Gasteiger partial charge in [0.1, 0.15) is 5.75 Å². The molecular formula is C16H15ClO3. The maximum atomic E-state index is 11.8. The van der Waals surface area contributed by atoms with Gasteiger partial charge in [-0.25, -0.2) is 4.79 Å². The van der Waals surface area contributed by atoms with Crippen molar-refractivity contribution in [3.05, 3.63) is 65.2 Å². The lowest BCUT2D eigenvalue weighted by molar-refractivity contribution is -0.148. The summed E-state index contributed by atoms with van der Waals surface area (Å²) in [5.41, 5.74) is 1.01. The fourth-order valence-electron chi connectivity index (χ4n) is 1.81. The molecule has 2 aromatic rings. The molecule has 4 heteroatoms. The van der Waals surface area contributed by atoms with Crippen molar-refractivity contribution in [2.45, 2.75) is 12.5 Å². The van der Waals surface area contributed by atoms with Gasteiger partial charge in [0.2, 0.25) is 0 Å².